The van der Waals surface area contributed by atoms with Gasteiger partial charge in [0.05, 0.1) is 18.0 Å². The lowest BCUT2D eigenvalue weighted by molar-refractivity contribution is -0.128. The van der Waals surface area contributed by atoms with Crippen LogP contribution < -0.4 is 20.5 Å². The molecule has 0 bridgehead atoms. The van der Waals surface area contributed by atoms with E-state index in [-0.39, 0.29) is 31.2 Å². The highest BCUT2D eigenvalue weighted by atomic mass is 32.1. The summed E-state index contributed by atoms with van der Waals surface area (Å²) in [5.74, 6) is 1.08. The number of nitrogens with zero attached hydrogens (tertiary/aromatic N) is 4. The van der Waals surface area contributed by atoms with E-state index in [1.54, 1.807) is 30.2 Å². The van der Waals surface area contributed by atoms with E-state index in [0.717, 1.165) is 6.42 Å². The average Bonchev–Trinajstić information content (AvgIpc) is 3.63. The van der Waals surface area contributed by atoms with Crippen molar-refractivity contribution in [2.45, 2.75) is 12.8 Å². The third kappa shape index (κ3) is 5.42. The SMILES string of the molecule is COCCNC(=O)c1cc2c(/C(=N/OCCN3CCCC3=O)c3ccc4c(c3)OCO4)nc(N)nc2s1. The second-order valence-corrected chi connectivity index (χ2v) is 9.36. The zero-order valence-corrected chi connectivity index (χ0v) is 21.0. The number of nitrogens with one attached hydrogen (secondary N) is 1. The van der Waals surface area contributed by atoms with Gasteiger partial charge in [-0.05, 0) is 30.7 Å². The van der Waals surface area contributed by atoms with Gasteiger partial charge in [-0.2, -0.15) is 0 Å². The normalized spacial score (nSPS) is 15.0. The first-order chi connectivity index (χ1) is 18.0. The zero-order valence-electron chi connectivity index (χ0n) is 20.2. The molecular weight excluding hydrogens is 500 g/mol. The number of carbonyl (C=O) groups excluding carboxylic acids is 2. The Balaban J connectivity index is 1.49. The Morgan fingerprint density at radius 2 is 2.11 bits per heavy atom. The van der Waals surface area contributed by atoms with Gasteiger partial charge in [0.25, 0.3) is 5.91 Å². The molecule has 2 amide bonds. The minimum absolute atomic E-state index is 0.0341. The van der Waals surface area contributed by atoms with Gasteiger partial charge in [0, 0.05) is 37.6 Å². The molecule has 37 heavy (non-hydrogen) atoms. The van der Waals surface area contributed by atoms with E-state index in [0.29, 0.717) is 76.2 Å². The second kappa shape index (κ2) is 11.0. The smallest absolute Gasteiger partial charge is 0.261 e. The van der Waals surface area contributed by atoms with Crippen molar-refractivity contribution in [3.8, 4) is 11.5 Å². The first-order valence-corrected chi connectivity index (χ1v) is 12.6. The molecule has 1 saturated heterocycles. The number of ether oxygens (including phenoxy) is 3. The number of thiophene rings is 1. The molecule has 0 saturated carbocycles. The van der Waals surface area contributed by atoms with E-state index in [1.165, 1.54) is 11.3 Å². The molecule has 0 spiro atoms. The Kier molecular flexibility index (Phi) is 7.32. The van der Waals surface area contributed by atoms with Gasteiger partial charge in [0.1, 0.15) is 22.8 Å². The molecule has 194 valence electrons. The van der Waals surface area contributed by atoms with Crippen LogP contribution in [-0.2, 0) is 14.4 Å². The van der Waals surface area contributed by atoms with Gasteiger partial charge in [-0.1, -0.05) is 5.16 Å². The van der Waals surface area contributed by atoms with Crippen LogP contribution in [0.1, 0.15) is 33.8 Å². The van der Waals surface area contributed by atoms with Crippen molar-refractivity contribution in [1.82, 2.24) is 20.2 Å². The van der Waals surface area contributed by atoms with Crippen molar-refractivity contribution in [3.05, 3.63) is 40.4 Å². The van der Waals surface area contributed by atoms with Crippen LogP contribution in [0.4, 0.5) is 5.95 Å². The molecule has 3 aromatic rings. The summed E-state index contributed by atoms with van der Waals surface area (Å²) in [5.41, 5.74) is 7.49. The fourth-order valence-electron chi connectivity index (χ4n) is 4.06. The highest BCUT2D eigenvalue weighted by Gasteiger charge is 2.23. The van der Waals surface area contributed by atoms with Crippen LogP contribution in [0.25, 0.3) is 10.2 Å². The van der Waals surface area contributed by atoms with Crippen LogP contribution in [-0.4, -0.2) is 79.1 Å². The number of carbonyl (C=O) groups is 2. The summed E-state index contributed by atoms with van der Waals surface area (Å²) in [4.78, 5) is 41.8. The van der Waals surface area contributed by atoms with Gasteiger partial charge < -0.3 is 35.0 Å². The number of anilines is 1. The minimum atomic E-state index is -0.252. The number of aromatic nitrogens is 2. The summed E-state index contributed by atoms with van der Waals surface area (Å²) >= 11 is 1.20. The molecule has 0 aliphatic carbocycles. The van der Waals surface area contributed by atoms with Gasteiger partial charge in [-0.15, -0.1) is 11.3 Å². The number of hydrogen-bond donors (Lipinski definition) is 2. The molecule has 4 heterocycles. The number of oxime groups is 1. The number of fused-ring (bicyclic) bond motifs is 2. The van der Waals surface area contributed by atoms with Crippen molar-refractivity contribution in [2.24, 2.45) is 5.16 Å². The van der Waals surface area contributed by atoms with Crippen LogP contribution in [0.15, 0.2) is 29.4 Å². The number of nitrogen functional groups attached to an aromatic ring is 1. The number of rotatable bonds is 10. The standard InChI is InChI=1S/C24H26N6O6S/c1-33-9-6-26-22(32)18-12-15-21(27-24(25)28-23(15)37-18)20(14-4-5-16-17(11-14)35-13-34-16)29-36-10-8-30-7-2-3-19(30)31/h4-5,11-12H,2-3,6-10,13H2,1H3,(H,26,32)(H2,25,27,28)/b29-20+. The Labute approximate surface area is 216 Å². The minimum Gasteiger partial charge on any atom is -0.454 e. The summed E-state index contributed by atoms with van der Waals surface area (Å²) in [5, 5.41) is 7.81. The van der Waals surface area contributed by atoms with E-state index >= 15 is 0 Å². The van der Waals surface area contributed by atoms with Crippen molar-refractivity contribution >= 4 is 45.0 Å². The van der Waals surface area contributed by atoms with Crippen LogP contribution in [0.2, 0.25) is 0 Å². The predicted molar refractivity (Wildman–Crippen MR) is 136 cm³/mol. The molecule has 13 heteroatoms. The molecule has 2 aromatic heterocycles. The average molecular weight is 527 g/mol. The molecule has 3 N–H and O–H groups in total. The Hall–Kier alpha value is -3.97. The number of nitrogens with two attached hydrogens (primary N) is 1. The van der Waals surface area contributed by atoms with Crippen LogP contribution >= 0.6 is 11.3 Å². The van der Waals surface area contributed by atoms with Crippen molar-refractivity contribution in [2.75, 3.05) is 52.5 Å². The maximum absolute atomic E-state index is 12.7. The fourth-order valence-corrected chi connectivity index (χ4v) is 5.02. The number of likely N-dealkylation sites (tertiary alicyclic amines) is 1. The molecule has 2 aliphatic heterocycles. The Morgan fingerprint density at radius 1 is 1.24 bits per heavy atom. The molecular formula is C24H26N6O6S. The lowest BCUT2D eigenvalue weighted by Crippen LogP contribution is -2.28. The number of benzene rings is 1. The third-order valence-electron chi connectivity index (χ3n) is 5.88. The second-order valence-electron chi connectivity index (χ2n) is 8.33. The summed E-state index contributed by atoms with van der Waals surface area (Å²) in [6.45, 7) is 2.26. The molecule has 0 radical (unpaired) electrons. The first kappa shape index (κ1) is 24.7. The molecule has 12 nitrogen and oxygen atoms in total. The largest absolute Gasteiger partial charge is 0.454 e. The summed E-state index contributed by atoms with van der Waals surface area (Å²) < 4.78 is 16.0. The third-order valence-corrected chi connectivity index (χ3v) is 6.90. The van der Waals surface area contributed by atoms with E-state index in [2.05, 4.69) is 20.4 Å². The van der Waals surface area contributed by atoms with Gasteiger partial charge in [-0.3, -0.25) is 9.59 Å². The van der Waals surface area contributed by atoms with Crippen molar-refractivity contribution in [3.63, 3.8) is 0 Å². The quantitative estimate of drug-likeness (QED) is 0.229. The van der Waals surface area contributed by atoms with E-state index < -0.39 is 0 Å². The van der Waals surface area contributed by atoms with Gasteiger partial charge >= 0.3 is 0 Å². The van der Waals surface area contributed by atoms with Gasteiger partial charge in [0.2, 0.25) is 18.6 Å². The molecule has 0 atom stereocenters. The van der Waals surface area contributed by atoms with Crippen molar-refractivity contribution < 1.29 is 28.6 Å². The monoisotopic (exact) mass is 526 g/mol. The number of methoxy groups -OCH3 is 1. The lowest BCUT2D eigenvalue weighted by atomic mass is 10.0. The van der Waals surface area contributed by atoms with E-state index in [1.807, 2.05) is 6.07 Å². The lowest BCUT2D eigenvalue weighted by Gasteiger charge is -2.14. The topological polar surface area (TPSA) is 150 Å². The number of amides is 2. The summed E-state index contributed by atoms with van der Waals surface area (Å²) in [7, 11) is 1.57. The maximum atomic E-state index is 12.7. The van der Waals surface area contributed by atoms with E-state index in [4.69, 9.17) is 24.8 Å². The Morgan fingerprint density at radius 3 is 2.92 bits per heavy atom. The zero-order chi connectivity index (χ0) is 25.8. The van der Waals surface area contributed by atoms with Crippen LogP contribution in [0.5, 0.6) is 11.5 Å². The molecule has 1 fully saturated rings. The van der Waals surface area contributed by atoms with E-state index in [9.17, 15) is 9.59 Å². The first-order valence-electron chi connectivity index (χ1n) is 11.8. The molecule has 0 unspecified atom stereocenters. The van der Waals surface area contributed by atoms with Crippen LogP contribution in [0, 0.1) is 0 Å². The fraction of sp³-hybridized carbons (Fsp3) is 0.375. The summed E-state index contributed by atoms with van der Waals surface area (Å²) in [6.07, 6.45) is 1.41. The highest BCUT2D eigenvalue weighted by Crippen LogP contribution is 2.34. The van der Waals surface area contributed by atoms with Gasteiger partial charge in [-0.25, -0.2) is 9.97 Å². The highest BCUT2D eigenvalue weighted by molar-refractivity contribution is 7.20. The van der Waals surface area contributed by atoms with Crippen molar-refractivity contribution in [1.29, 1.82) is 0 Å². The molecule has 1 aromatic carbocycles. The molecule has 2 aliphatic rings. The van der Waals surface area contributed by atoms with Crippen LogP contribution in [0.3, 0.4) is 0 Å². The molecule has 5 rings (SSSR count). The maximum Gasteiger partial charge on any atom is 0.261 e. The van der Waals surface area contributed by atoms with Gasteiger partial charge in [0.15, 0.2) is 11.5 Å². The number of hydrogen-bond acceptors (Lipinski definition) is 11. The summed E-state index contributed by atoms with van der Waals surface area (Å²) in [6, 6.07) is 7.08. The Bertz CT molecular complexity index is 1360. The predicted octanol–water partition coefficient (Wildman–Crippen LogP) is 1.77.